The van der Waals surface area contributed by atoms with Crippen LogP contribution in [0.25, 0.3) is 11.0 Å². The van der Waals surface area contributed by atoms with E-state index in [1.807, 2.05) is 24.0 Å². The lowest BCUT2D eigenvalue weighted by molar-refractivity contribution is 0.546. The van der Waals surface area contributed by atoms with Crippen molar-refractivity contribution in [1.82, 2.24) is 24.7 Å². The molecule has 108 valence electrons. The van der Waals surface area contributed by atoms with Gasteiger partial charge in [-0.3, -0.25) is 9.97 Å². The summed E-state index contributed by atoms with van der Waals surface area (Å²) in [5.74, 6) is 0. The fourth-order valence-corrected chi connectivity index (χ4v) is 2.26. The molecular weight excluding hydrogens is 264 g/mol. The van der Waals surface area contributed by atoms with Gasteiger partial charge in [-0.05, 0) is 26.8 Å². The van der Waals surface area contributed by atoms with E-state index in [1.165, 1.54) is 0 Å². The van der Waals surface area contributed by atoms with Gasteiger partial charge in [0.25, 0.3) is 0 Å². The van der Waals surface area contributed by atoms with E-state index in [0.29, 0.717) is 6.04 Å². The minimum atomic E-state index is 0.0677. The van der Waals surface area contributed by atoms with E-state index in [9.17, 15) is 0 Å². The zero-order chi connectivity index (χ0) is 14.8. The largest absolute Gasteiger partial charge is 0.376 e. The monoisotopic (exact) mass is 282 g/mol. The van der Waals surface area contributed by atoms with Crippen LogP contribution in [0, 0.1) is 0 Å². The van der Waals surface area contributed by atoms with Crippen molar-refractivity contribution in [2.45, 2.75) is 32.9 Å². The van der Waals surface area contributed by atoms with Crippen molar-refractivity contribution in [2.75, 3.05) is 5.32 Å². The molecular formula is C15H18N6. The maximum atomic E-state index is 4.51. The topological polar surface area (TPSA) is 68.5 Å². The first-order valence-corrected chi connectivity index (χ1v) is 7.01. The maximum Gasteiger partial charge on any atom is 0.158 e. The molecule has 0 aromatic carbocycles. The van der Waals surface area contributed by atoms with Crippen molar-refractivity contribution < 1.29 is 0 Å². The van der Waals surface area contributed by atoms with Gasteiger partial charge in [0.15, 0.2) is 5.65 Å². The van der Waals surface area contributed by atoms with Gasteiger partial charge in [0.1, 0.15) is 0 Å². The summed E-state index contributed by atoms with van der Waals surface area (Å²) >= 11 is 0. The molecule has 3 rings (SSSR count). The molecule has 0 aliphatic rings. The molecule has 0 radical (unpaired) electrons. The maximum absolute atomic E-state index is 4.51. The highest BCUT2D eigenvalue weighted by Gasteiger charge is 2.10. The van der Waals surface area contributed by atoms with Crippen molar-refractivity contribution in [2.24, 2.45) is 0 Å². The molecule has 0 spiro atoms. The second-order valence-electron chi connectivity index (χ2n) is 5.32. The Morgan fingerprint density at radius 2 is 1.90 bits per heavy atom. The summed E-state index contributed by atoms with van der Waals surface area (Å²) in [4.78, 5) is 12.9. The molecule has 1 atom stereocenters. The van der Waals surface area contributed by atoms with E-state index in [4.69, 9.17) is 0 Å². The summed E-state index contributed by atoms with van der Waals surface area (Å²) in [5, 5.41) is 8.79. The summed E-state index contributed by atoms with van der Waals surface area (Å²) in [6.07, 6.45) is 8.81. The summed E-state index contributed by atoms with van der Waals surface area (Å²) in [6.45, 7) is 6.23. The molecule has 0 bridgehead atoms. The number of hydrogen-bond donors (Lipinski definition) is 1. The van der Waals surface area contributed by atoms with Crippen LogP contribution in [0.4, 0.5) is 5.69 Å². The Hall–Kier alpha value is -2.50. The lowest BCUT2D eigenvalue weighted by Gasteiger charge is -2.14. The molecule has 0 saturated carbocycles. The first-order valence-electron chi connectivity index (χ1n) is 7.01. The van der Waals surface area contributed by atoms with E-state index in [-0.39, 0.29) is 6.04 Å². The van der Waals surface area contributed by atoms with Gasteiger partial charge in [-0.25, -0.2) is 9.67 Å². The Bertz CT molecular complexity index is 734. The molecule has 3 aromatic heterocycles. The first-order chi connectivity index (χ1) is 10.1. The molecule has 1 unspecified atom stereocenters. The van der Waals surface area contributed by atoms with E-state index in [2.05, 4.69) is 45.3 Å². The summed E-state index contributed by atoms with van der Waals surface area (Å²) < 4.78 is 1.92. The predicted octanol–water partition coefficient (Wildman–Crippen LogP) is 2.98. The minimum Gasteiger partial charge on any atom is -0.376 e. The number of anilines is 1. The van der Waals surface area contributed by atoms with Crippen LogP contribution in [-0.2, 0) is 0 Å². The minimum absolute atomic E-state index is 0.0677. The Morgan fingerprint density at radius 1 is 1.05 bits per heavy atom. The molecule has 3 aromatic rings. The van der Waals surface area contributed by atoms with Crippen LogP contribution >= 0.6 is 0 Å². The van der Waals surface area contributed by atoms with Gasteiger partial charge in [-0.15, -0.1) is 0 Å². The van der Waals surface area contributed by atoms with Gasteiger partial charge in [0.05, 0.1) is 36.0 Å². The number of fused-ring (bicyclic) bond motifs is 1. The van der Waals surface area contributed by atoms with Crippen molar-refractivity contribution >= 4 is 16.7 Å². The molecule has 0 fully saturated rings. The number of hydrogen-bond acceptors (Lipinski definition) is 5. The summed E-state index contributed by atoms with van der Waals surface area (Å²) in [5.41, 5.74) is 2.75. The fourth-order valence-electron chi connectivity index (χ4n) is 2.26. The van der Waals surface area contributed by atoms with Crippen molar-refractivity contribution in [1.29, 1.82) is 0 Å². The van der Waals surface area contributed by atoms with Crippen molar-refractivity contribution in [3.63, 3.8) is 0 Å². The van der Waals surface area contributed by atoms with Crippen LogP contribution in [0.1, 0.15) is 38.5 Å². The highest BCUT2D eigenvalue weighted by atomic mass is 15.3. The molecule has 0 saturated heterocycles. The molecule has 6 heteroatoms. The number of aromatic nitrogens is 5. The molecule has 0 amide bonds. The van der Waals surface area contributed by atoms with E-state index in [0.717, 1.165) is 22.4 Å². The first kappa shape index (κ1) is 13.5. The Kier molecular flexibility index (Phi) is 3.51. The third kappa shape index (κ3) is 2.69. The van der Waals surface area contributed by atoms with Crippen LogP contribution in [0.5, 0.6) is 0 Å². The van der Waals surface area contributed by atoms with Crippen LogP contribution in [0.15, 0.2) is 37.1 Å². The third-order valence-corrected chi connectivity index (χ3v) is 3.33. The zero-order valence-electron chi connectivity index (χ0n) is 12.4. The highest BCUT2D eigenvalue weighted by molar-refractivity contribution is 5.78. The Labute approximate surface area is 123 Å². The van der Waals surface area contributed by atoms with Gasteiger partial charge < -0.3 is 5.32 Å². The Balaban J connectivity index is 1.85. The molecule has 6 nitrogen and oxygen atoms in total. The van der Waals surface area contributed by atoms with Crippen molar-refractivity contribution in [3.8, 4) is 0 Å². The number of pyridine rings is 1. The smallest absolute Gasteiger partial charge is 0.158 e. The van der Waals surface area contributed by atoms with Crippen LogP contribution in [0.3, 0.4) is 0 Å². The second kappa shape index (κ2) is 5.47. The zero-order valence-corrected chi connectivity index (χ0v) is 12.4. The van der Waals surface area contributed by atoms with Gasteiger partial charge in [0.2, 0.25) is 0 Å². The molecule has 0 aliphatic heterocycles. The molecule has 21 heavy (non-hydrogen) atoms. The lowest BCUT2D eigenvalue weighted by atomic mass is 10.2. The van der Waals surface area contributed by atoms with Crippen molar-refractivity contribution in [3.05, 3.63) is 42.7 Å². The average molecular weight is 282 g/mol. The number of rotatable bonds is 4. The third-order valence-electron chi connectivity index (χ3n) is 3.33. The molecule has 1 N–H and O–H groups in total. The van der Waals surface area contributed by atoms with Crippen LogP contribution in [0.2, 0.25) is 0 Å². The molecule has 0 aliphatic carbocycles. The van der Waals surface area contributed by atoms with Crippen LogP contribution in [-0.4, -0.2) is 24.7 Å². The number of nitrogens with one attached hydrogen (secondary N) is 1. The second-order valence-corrected chi connectivity index (χ2v) is 5.32. The van der Waals surface area contributed by atoms with E-state index < -0.39 is 0 Å². The quantitative estimate of drug-likeness (QED) is 0.796. The van der Waals surface area contributed by atoms with Crippen LogP contribution < -0.4 is 5.32 Å². The average Bonchev–Trinajstić information content (AvgIpc) is 2.91. The Morgan fingerprint density at radius 3 is 2.62 bits per heavy atom. The van der Waals surface area contributed by atoms with Gasteiger partial charge >= 0.3 is 0 Å². The van der Waals surface area contributed by atoms with Gasteiger partial charge in [0, 0.05) is 23.8 Å². The lowest BCUT2D eigenvalue weighted by Crippen LogP contribution is -2.09. The summed E-state index contributed by atoms with van der Waals surface area (Å²) in [6, 6.07) is 2.42. The van der Waals surface area contributed by atoms with E-state index in [1.54, 1.807) is 18.6 Å². The highest BCUT2D eigenvalue weighted by Crippen LogP contribution is 2.22. The summed E-state index contributed by atoms with van der Waals surface area (Å²) in [7, 11) is 0. The normalized spacial score (nSPS) is 12.8. The SMILES string of the molecule is CC(Nc1cnc2c(cnn2C(C)C)c1)c1cnccn1. The van der Waals surface area contributed by atoms with Gasteiger partial charge in [-0.1, -0.05) is 0 Å². The van der Waals surface area contributed by atoms with Gasteiger partial charge in [-0.2, -0.15) is 5.10 Å². The fraction of sp³-hybridized carbons (Fsp3) is 0.333. The predicted molar refractivity (Wildman–Crippen MR) is 82.0 cm³/mol. The number of nitrogens with zero attached hydrogens (tertiary/aromatic N) is 5. The standard InChI is InChI=1S/C15H18N6/c1-10(2)21-15-12(7-19-21)6-13(8-18-15)20-11(3)14-9-16-4-5-17-14/h4-11,20H,1-3H3. The van der Waals surface area contributed by atoms with E-state index >= 15 is 0 Å². The molecule has 3 heterocycles.